The van der Waals surface area contributed by atoms with Crippen LogP contribution in [0, 0.1) is 0 Å². The number of thioether (sulfide) groups is 1. The standard InChI is InChI=1S/C21H18N8O4S/c1-12(13-7-8-16-17(9-13)32-11-31-16)23-25-21(30)18-15(10-34-14-5-3-2-4-6-14)29(28-24-18)20-19(22)26-33-27-20/h2-9,23H,1,10-11H2,(H2,22,26)(H,25,30). The van der Waals surface area contributed by atoms with Gasteiger partial charge in [-0.25, -0.2) is 4.63 Å². The van der Waals surface area contributed by atoms with E-state index in [2.05, 4.69) is 42.7 Å². The third kappa shape index (κ3) is 4.23. The molecule has 13 heteroatoms. The fourth-order valence-corrected chi connectivity index (χ4v) is 4.04. The summed E-state index contributed by atoms with van der Waals surface area (Å²) in [5.41, 5.74) is 12.9. The lowest BCUT2D eigenvalue weighted by Crippen LogP contribution is -2.36. The van der Waals surface area contributed by atoms with Crippen molar-refractivity contribution >= 4 is 29.2 Å². The van der Waals surface area contributed by atoms with E-state index in [1.165, 1.54) is 16.4 Å². The zero-order valence-electron chi connectivity index (χ0n) is 17.6. The number of nitrogens with one attached hydrogen (secondary N) is 2. The number of anilines is 1. The number of hydrazine groups is 1. The number of carbonyl (C=O) groups is 1. The van der Waals surface area contributed by atoms with E-state index in [1.54, 1.807) is 18.2 Å². The van der Waals surface area contributed by atoms with Crippen LogP contribution in [0.1, 0.15) is 21.7 Å². The predicted octanol–water partition coefficient (Wildman–Crippen LogP) is 2.16. The van der Waals surface area contributed by atoms with Crippen LogP contribution in [0.2, 0.25) is 0 Å². The van der Waals surface area contributed by atoms with E-state index >= 15 is 0 Å². The van der Waals surface area contributed by atoms with Gasteiger partial charge < -0.3 is 15.2 Å². The topological polar surface area (TPSA) is 155 Å². The molecular formula is C21H18N8O4S. The first kappa shape index (κ1) is 21.3. The number of hydrogen-bond donors (Lipinski definition) is 3. The lowest BCUT2D eigenvalue weighted by molar-refractivity contribution is 0.0936. The van der Waals surface area contributed by atoms with Crippen LogP contribution in [0.25, 0.3) is 11.5 Å². The number of rotatable bonds is 8. The van der Waals surface area contributed by atoms with Crippen molar-refractivity contribution in [3.8, 4) is 17.3 Å². The molecule has 34 heavy (non-hydrogen) atoms. The Balaban J connectivity index is 1.34. The molecule has 0 saturated carbocycles. The highest BCUT2D eigenvalue weighted by Gasteiger charge is 2.24. The first-order chi connectivity index (χ1) is 16.6. The van der Waals surface area contributed by atoms with E-state index in [1.807, 2.05) is 30.3 Å². The molecule has 0 fully saturated rings. The van der Waals surface area contributed by atoms with Crippen LogP contribution in [0.15, 0.2) is 64.6 Å². The molecule has 1 aliphatic heterocycles. The molecule has 1 amide bonds. The third-order valence-electron chi connectivity index (χ3n) is 4.84. The minimum atomic E-state index is -0.521. The van der Waals surface area contributed by atoms with E-state index in [9.17, 15) is 4.79 Å². The number of amides is 1. The minimum absolute atomic E-state index is 0.0251. The smallest absolute Gasteiger partial charge is 0.292 e. The van der Waals surface area contributed by atoms with Gasteiger partial charge in [-0.2, -0.15) is 4.68 Å². The molecule has 172 valence electrons. The fourth-order valence-electron chi connectivity index (χ4n) is 3.13. The van der Waals surface area contributed by atoms with Gasteiger partial charge in [0.1, 0.15) is 0 Å². The van der Waals surface area contributed by atoms with E-state index in [4.69, 9.17) is 15.2 Å². The van der Waals surface area contributed by atoms with Crippen molar-refractivity contribution in [1.82, 2.24) is 36.2 Å². The van der Waals surface area contributed by atoms with Crippen LogP contribution >= 0.6 is 11.8 Å². The number of carbonyl (C=O) groups excluding carboxylic acids is 1. The first-order valence-corrected chi connectivity index (χ1v) is 10.9. The molecule has 4 aromatic rings. The Labute approximate surface area is 197 Å². The second-order valence-corrected chi connectivity index (χ2v) is 8.05. The number of ether oxygens (including phenoxy) is 2. The molecule has 0 spiro atoms. The monoisotopic (exact) mass is 478 g/mol. The van der Waals surface area contributed by atoms with Crippen molar-refractivity contribution in [3.05, 3.63) is 72.1 Å². The van der Waals surface area contributed by atoms with Gasteiger partial charge in [-0.3, -0.25) is 15.6 Å². The first-order valence-electron chi connectivity index (χ1n) is 9.96. The maximum Gasteiger partial charge on any atom is 0.292 e. The van der Waals surface area contributed by atoms with Crippen LogP contribution in [0.3, 0.4) is 0 Å². The SMILES string of the molecule is C=C(NNC(=O)c1nnn(-c2nonc2N)c1CSc1ccccc1)c1ccc2c(c1)OCO2. The van der Waals surface area contributed by atoms with Gasteiger partial charge in [0.05, 0.1) is 11.4 Å². The third-order valence-corrected chi connectivity index (χ3v) is 5.86. The van der Waals surface area contributed by atoms with E-state index in [-0.39, 0.29) is 24.1 Å². The van der Waals surface area contributed by atoms with Crippen LogP contribution in [0.4, 0.5) is 5.82 Å². The average molecular weight is 478 g/mol. The molecular weight excluding hydrogens is 460 g/mol. The summed E-state index contributed by atoms with van der Waals surface area (Å²) in [6.07, 6.45) is 0. The molecule has 0 aliphatic carbocycles. The molecule has 1 aliphatic rings. The Bertz CT molecular complexity index is 1350. The average Bonchev–Trinajstić information content (AvgIpc) is 3.60. The molecule has 0 saturated heterocycles. The van der Waals surface area contributed by atoms with Crippen LogP contribution in [-0.4, -0.2) is 38.0 Å². The molecule has 4 N–H and O–H groups in total. The molecule has 5 rings (SSSR count). The summed E-state index contributed by atoms with van der Waals surface area (Å²) in [5.74, 6) is 1.26. The Hall–Kier alpha value is -4.52. The molecule has 2 aromatic carbocycles. The zero-order chi connectivity index (χ0) is 23.5. The normalized spacial score (nSPS) is 11.9. The second kappa shape index (κ2) is 9.15. The van der Waals surface area contributed by atoms with Gasteiger partial charge in [-0.05, 0) is 40.6 Å². The van der Waals surface area contributed by atoms with Crippen LogP contribution in [0.5, 0.6) is 11.5 Å². The van der Waals surface area contributed by atoms with Crippen LogP contribution < -0.4 is 26.1 Å². The maximum atomic E-state index is 13.0. The van der Waals surface area contributed by atoms with Gasteiger partial charge in [-0.15, -0.1) is 16.9 Å². The molecule has 0 atom stereocenters. The highest BCUT2D eigenvalue weighted by molar-refractivity contribution is 7.98. The molecule has 0 unspecified atom stereocenters. The predicted molar refractivity (Wildman–Crippen MR) is 122 cm³/mol. The van der Waals surface area contributed by atoms with Crippen molar-refractivity contribution in [1.29, 1.82) is 0 Å². The van der Waals surface area contributed by atoms with E-state index < -0.39 is 5.91 Å². The summed E-state index contributed by atoms with van der Waals surface area (Å²) < 4.78 is 16.7. The summed E-state index contributed by atoms with van der Waals surface area (Å²) in [7, 11) is 0. The molecule has 12 nitrogen and oxygen atoms in total. The van der Waals surface area contributed by atoms with Crippen molar-refractivity contribution in [2.24, 2.45) is 0 Å². The lowest BCUT2D eigenvalue weighted by atomic mass is 10.1. The summed E-state index contributed by atoms with van der Waals surface area (Å²) in [6, 6.07) is 15.0. The van der Waals surface area contributed by atoms with Crippen molar-refractivity contribution in [3.63, 3.8) is 0 Å². The van der Waals surface area contributed by atoms with Crippen molar-refractivity contribution in [2.75, 3.05) is 12.5 Å². The van der Waals surface area contributed by atoms with Gasteiger partial charge in [0, 0.05) is 16.2 Å². The number of aromatic nitrogens is 5. The van der Waals surface area contributed by atoms with Gasteiger partial charge in [0.15, 0.2) is 17.2 Å². The number of benzene rings is 2. The Morgan fingerprint density at radius 2 is 1.94 bits per heavy atom. The zero-order valence-corrected chi connectivity index (χ0v) is 18.4. The van der Waals surface area contributed by atoms with Crippen LogP contribution in [-0.2, 0) is 5.75 Å². The summed E-state index contributed by atoms with van der Waals surface area (Å²) in [5, 5.41) is 15.4. The maximum absolute atomic E-state index is 13.0. The highest BCUT2D eigenvalue weighted by Crippen LogP contribution is 2.33. The number of nitrogens with two attached hydrogens (primary N) is 1. The van der Waals surface area contributed by atoms with Gasteiger partial charge in [0.2, 0.25) is 18.4 Å². The molecule has 0 bridgehead atoms. The molecule has 3 heterocycles. The van der Waals surface area contributed by atoms with Gasteiger partial charge >= 0.3 is 0 Å². The van der Waals surface area contributed by atoms with Gasteiger partial charge in [0.25, 0.3) is 5.91 Å². The Kier molecular flexibility index (Phi) is 5.74. The van der Waals surface area contributed by atoms with E-state index in [0.717, 1.165) is 10.5 Å². The lowest BCUT2D eigenvalue weighted by Gasteiger charge is -2.12. The summed E-state index contributed by atoms with van der Waals surface area (Å²) in [4.78, 5) is 14.0. The summed E-state index contributed by atoms with van der Waals surface area (Å²) in [6.45, 7) is 4.12. The highest BCUT2D eigenvalue weighted by atomic mass is 32.2. The number of fused-ring (bicyclic) bond motifs is 1. The van der Waals surface area contributed by atoms with Crippen molar-refractivity contribution < 1.29 is 18.9 Å². The minimum Gasteiger partial charge on any atom is -0.454 e. The summed E-state index contributed by atoms with van der Waals surface area (Å²) >= 11 is 1.50. The Morgan fingerprint density at radius 1 is 1.12 bits per heavy atom. The second-order valence-electron chi connectivity index (χ2n) is 7.00. The van der Waals surface area contributed by atoms with Gasteiger partial charge in [-0.1, -0.05) is 30.0 Å². The fraction of sp³-hybridized carbons (Fsp3) is 0.0952. The molecule has 0 radical (unpaired) electrons. The van der Waals surface area contributed by atoms with Crippen molar-refractivity contribution in [2.45, 2.75) is 10.6 Å². The number of nitrogens with zero attached hydrogens (tertiary/aromatic N) is 5. The quantitative estimate of drug-likeness (QED) is 0.252. The van der Waals surface area contributed by atoms with E-state index in [0.29, 0.717) is 28.6 Å². The number of nitrogen functional groups attached to an aromatic ring is 1. The molecule has 2 aromatic heterocycles. The number of hydrogen-bond acceptors (Lipinski definition) is 11. The Morgan fingerprint density at radius 3 is 2.74 bits per heavy atom. The largest absolute Gasteiger partial charge is 0.454 e.